The summed E-state index contributed by atoms with van der Waals surface area (Å²) in [6.45, 7) is 3.04. The van der Waals surface area contributed by atoms with Gasteiger partial charge < -0.3 is 15.1 Å². The molecule has 0 fully saturated rings. The summed E-state index contributed by atoms with van der Waals surface area (Å²) in [5, 5.41) is 36.9. The third-order valence-electron chi connectivity index (χ3n) is 6.83. The molecule has 0 unspecified atom stereocenters. The van der Waals surface area contributed by atoms with E-state index in [2.05, 4.69) is 11.8 Å². The van der Waals surface area contributed by atoms with Crippen LogP contribution in [0.1, 0.15) is 82.3 Å². The summed E-state index contributed by atoms with van der Waals surface area (Å²) in [7, 11) is 0. The Morgan fingerprint density at radius 3 is 1.57 bits per heavy atom. The van der Waals surface area contributed by atoms with Gasteiger partial charge in [-0.15, -0.1) is 0 Å². The van der Waals surface area contributed by atoms with Crippen molar-refractivity contribution in [2.45, 2.75) is 80.9 Å². The monoisotopic (exact) mass is 557 g/mol. The Balaban J connectivity index is 1.80. The molecule has 0 atom stereocenters. The molecule has 40 heavy (non-hydrogen) atoms. The normalized spacial score (nSPS) is 12.7. The van der Waals surface area contributed by atoms with Crippen molar-refractivity contribution in [1.82, 2.24) is 0 Å². The molecule has 7 nitrogen and oxygen atoms in total. The molecule has 8 heteroatoms. The second-order valence-corrected chi connectivity index (χ2v) is 10.9. The molecular weight excluding hydrogens is 522 g/mol. The SMILES string of the molecule is CCCCCCCCCCCCN1c2ccc(/C=C(/C#N)C(=O)O)cc2Sc2cc(/C=C(/C#N)C(=O)O)ccc21. The number of aliphatic carboxylic acids is 2. The van der Waals surface area contributed by atoms with E-state index in [9.17, 15) is 30.3 Å². The fourth-order valence-corrected chi connectivity index (χ4v) is 5.91. The Morgan fingerprint density at radius 2 is 1.18 bits per heavy atom. The van der Waals surface area contributed by atoms with Gasteiger partial charge in [-0.3, -0.25) is 0 Å². The molecule has 1 aliphatic heterocycles. The largest absolute Gasteiger partial charge is 0.477 e. The highest BCUT2D eigenvalue weighted by molar-refractivity contribution is 7.99. The average molecular weight is 558 g/mol. The minimum absolute atomic E-state index is 0.339. The van der Waals surface area contributed by atoms with Gasteiger partial charge in [0.1, 0.15) is 23.3 Å². The Kier molecular flexibility index (Phi) is 11.9. The number of nitriles is 2. The number of hydrogen-bond acceptors (Lipinski definition) is 6. The van der Waals surface area contributed by atoms with E-state index in [1.807, 2.05) is 36.4 Å². The summed E-state index contributed by atoms with van der Waals surface area (Å²) < 4.78 is 0. The molecular formula is C32H35N3O4S. The van der Waals surface area contributed by atoms with Gasteiger partial charge in [-0.2, -0.15) is 10.5 Å². The lowest BCUT2D eigenvalue weighted by molar-refractivity contribution is -0.133. The summed E-state index contributed by atoms with van der Waals surface area (Å²) in [5.74, 6) is -2.55. The maximum atomic E-state index is 11.3. The second-order valence-electron chi connectivity index (χ2n) is 9.84. The van der Waals surface area contributed by atoms with Crippen molar-refractivity contribution < 1.29 is 19.8 Å². The molecule has 0 radical (unpaired) electrons. The van der Waals surface area contributed by atoms with Gasteiger partial charge >= 0.3 is 11.9 Å². The van der Waals surface area contributed by atoms with Gasteiger partial charge in [-0.1, -0.05) is 88.6 Å². The molecule has 2 N–H and O–H groups in total. The molecule has 0 amide bonds. The molecule has 208 valence electrons. The second kappa shape index (κ2) is 15.5. The predicted octanol–water partition coefficient (Wildman–Crippen LogP) is 8.19. The minimum Gasteiger partial charge on any atom is -0.477 e. The lowest BCUT2D eigenvalue weighted by atomic mass is 10.1. The van der Waals surface area contributed by atoms with Crippen molar-refractivity contribution in [1.29, 1.82) is 10.5 Å². The third-order valence-corrected chi connectivity index (χ3v) is 7.92. The number of carbonyl (C=O) groups is 2. The maximum Gasteiger partial charge on any atom is 0.346 e. The third kappa shape index (κ3) is 8.49. The molecule has 3 rings (SSSR count). The number of hydrogen-bond donors (Lipinski definition) is 2. The van der Waals surface area contributed by atoms with Crippen molar-refractivity contribution in [3.63, 3.8) is 0 Å². The van der Waals surface area contributed by atoms with Gasteiger partial charge in [0, 0.05) is 16.3 Å². The Bertz CT molecular complexity index is 1280. The molecule has 0 bridgehead atoms. The van der Waals surface area contributed by atoms with E-state index in [4.69, 9.17) is 0 Å². The zero-order chi connectivity index (χ0) is 28.9. The first kappa shape index (κ1) is 30.5. The average Bonchev–Trinajstić information content (AvgIpc) is 2.94. The van der Waals surface area contributed by atoms with Crippen molar-refractivity contribution in [2.24, 2.45) is 0 Å². The van der Waals surface area contributed by atoms with Crippen molar-refractivity contribution in [3.05, 3.63) is 58.7 Å². The molecule has 0 aromatic heterocycles. The van der Waals surface area contributed by atoms with Gasteiger partial charge in [0.25, 0.3) is 0 Å². The van der Waals surface area contributed by atoms with E-state index in [-0.39, 0.29) is 11.1 Å². The van der Waals surface area contributed by atoms with E-state index < -0.39 is 11.9 Å². The number of benzene rings is 2. The highest BCUT2D eigenvalue weighted by Gasteiger charge is 2.24. The van der Waals surface area contributed by atoms with Gasteiger partial charge in [0.15, 0.2) is 0 Å². The van der Waals surface area contributed by atoms with E-state index in [1.54, 1.807) is 12.1 Å². The predicted molar refractivity (Wildman–Crippen MR) is 158 cm³/mol. The first-order chi connectivity index (χ1) is 19.4. The van der Waals surface area contributed by atoms with Crippen LogP contribution in [-0.2, 0) is 9.59 Å². The molecule has 2 aromatic carbocycles. The fourth-order valence-electron chi connectivity index (χ4n) is 4.71. The number of carboxylic acids is 2. The summed E-state index contributed by atoms with van der Waals surface area (Å²) >= 11 is 1.50. The van der Waals surface area contributed by atoms with Crippen LogP contribution >= 0.6 is 11.8 Å². The van der Waals surface area contributed by atoms with Crippen LogP contribution in [0.3, 0.4) is 0 Å². The maximum absolute atomic E-state index is 11.3. The Labute approximate surface area is 240 Å². The number of rotatable bonds is 15. The number of unbranched alkanes of at least 4 members (excludes halogenated alkanes) is 9. The molecule has 0 aliphatic carbocycles. The number of carboxylic acid groups (broad SMARTS) is 2. The number of nitrogens with zero attached hydrogens (tertiary/aromatic N) is 3. The summed E-state index contributed by atoms with van der Waals surface area (Å²) in [4.78, 5) is 26.7. The van der Waals surface area contributed by atoms with Crippen LogP contribution in [0.4, 0.5) is 11.4 Å². The molecule has 1 heterocycles. The smallest absolute Gasteiger partial charge is 0.346 e. The van der Waals surface area contributed by atoms with Crippen molar-refractivity contribution in [2.75, 3.05) is 11.4 Å². The summed E-state index contributed by atoms with van der Waals surface area (Å²) in [5.41, 5.74) is 2.56. The standard InChI is InChI=1S/C32H35N3O4S/c1-2-3-4-5-6-7-8-9-10-11-16-35-27-14-12-23(17-25(21-33)31(36)37)19-29(27)40-30-20-24(13-15-28(30)35)18-26(22-34)32(38)39/h12-15,17-20H,2-11,16H2,1H3,(H,36,37)(H,38,39)/b25-17-,26-18-. The van der Waals surface area contributed by atoms with Crippen LogP contribution in [0.25, 0.3) is 12.2 Å². The van der Waals surface area contributed by atoms with E-state index in [0.717, 1.165) is 40.6 Å². The zero-order valence-electron chi connectivity index (χ0n) is 22.9. The van der Waals surface area contributed by atoms with Crippen molar-refractivity contribution >= 4 is 47.2 Å². The number of fused-ring (bicyclic) bond motifs is 2. The minimum atomic E-state index is -1.27. The highest BCUT2D eigenvalue weighted by atomic mass is 32.2. The van der Waals surface area contributed by atoms with Gasteiger partial charge in [-0.25, -0.2) is 9.59 Å². The zero-order valence-corrected chi connectivity index (χ0v) is 23.7. The summed E-state index contributed by atoms with van der Waals surface area (Å²) in [6.07, 6.45) is 15.1. The lowest BCUT2D eigenvalue weighted by Crippen LogP contribution is -2.22. The molecule has 0 spiro atoms. The van der Waals surface area contributed by atoms with Crippen LogP contribution < -0.4 is 4.90 Å². The molecule has 0 saturated carbocycles. The van der Waals surface area contributed by atoms with Crippen molar-refractivity contribution in [3.8, 4) is 12.1 Å². The molecule has 1 aliphatic rings. The molecule has 0 saturated heterocycles. The fraction of sp³-hybridized carbons (Fsp3) is 0.375. The van der Waals surface area contributed by atoms with Crippen LogP contribution in [-0.4, -0.2) is 28.7 Å². The summed E-state index contributed by atoms with van der Waals surface area (Å²) in [6, 6.07) is 14.7. The highest BCUT2D eigenvalue weighted by Crippen LogP contribution is 2.49. The van der Waals surface area contributed by atoms with Crippen LogP contribution in [0.15, 0.2) is 57.3 Å². The van der Waals surface area contributed by atoms with Crippen LogP contribution in [0.5, 0.6) is 0 Å². The first-order valence-corrected chi connectivity index (χ1v) is 14.6. The van der Waals surface area contributed by atoms with E-state index in [1.165, 1.54) is 75.3 Å². The van der Waals surface area contributed by atoms with E-state index >= 15 is 0 Å². The lowest BCUT2D eigenvalue weighted by Gasteiger charge is -2.33. The topological polar surface area (TPSA) is 125 Å². The van der Waals surface area contributed by atoms with Crippen LogP contribution in [0, 0.1) is 22.7 Å². The van der Waals surface area contributed by atoms with Gasteiger partial charge in [0.2, 0.25) is 0 Å². The quantitative estimate of drug-likeness (QED) is 0.127. The first-order valence-electron chi connectivity index (χ1n) is 13.8. The Hall–Kier alpha value is -4.01. The van der Waals surface area contributed by atoms with E-state index in [0.29, 0.717) is 11.1 Å². The van der Waals surface area contributed by atoms with Gasteiger partial charge in [0.05, 0.1) is 11.4 Å². The molecule has 2 aromatic rings. The van der Waals surface area contributed by atoms with Gasteiger partial charge in [-0.05, 0) is 54.0 Å². The Morgan fingerprint density at radius 1 is 0.750 bits per heavy atom. The van der Waals surface area contributed by atoms with Crippen LogP contribution in [0.2, 0.25) is 0 Å². The number of anilines is 2.